The fourth-order valence-electron chi connectivity index (χ4n) is 1.53. The Balaban J connectivity index is 1.91. The second kappa shape index (κ2) is 9.69. The molecule has 0 aliphatic rings. The van der Waals surface area contributed by atoms with Gasteiger partial charge in [0.05, 0.1) is 6.61 Å². The molecule has 19 heavy (non-hydrogen) atoms. The zero-order valence-electron chi connectivity index (χ0n) is 11.4. The first-order chi connectivity index (χ1) is 9.18. The molecule has 0 unspecified atom stereocenters. The number of hydrogen-bond acceptors (Lipinski definition) is 4. The van der Waals surface area contributed by atoms with E-state index in [9.17, 15) is 0 Å². The summed E-state index contributed by atoms with van der Waals surface area (Å²) in [7, 11) is 0. The molecular formula is C14H23N3OS. The zero-order valence-corrected chi connectivity index (χ0v) is 12.3. The summed E-state index contributed by atoms with van der Waals surface area (Å²) in [6.07, 6.45) is 2.14. The maximum atomic E-state index is 7.06. The third-order valence-electron chi connectivity index (χ3n) is 2.57. The van der Waals surface area contributed by atoms with Crippen LogP contribution in [0.2, 0.25) is 0 Å². The first kappa shape index (κ1) is 15.9. The van der Waals surface area contributed by atoms with Crippen molar-refractivity contribution in [2.75, 3.05) is 25.4 Å². The summed E-state index contributed by atoms with van der Waals surface area (Å²) in [5.41, 5.74) is 6.49. The maximum absolute atomic E-state index is 7.06. The number of nitrogens with one attached hydrogen (secondary N) is 2. The predicted molar refractivity (Wildman–Crippen MR) is 83.1 cm³/mol. The van der Waals surface area contributed by atoms with Crippen LogP contribution in [0.1, 0.15) is 18.4 Å². The van der Waals surface area contributed by atoms with Crippen molar-refractivity contribution in [3.05, 3.63) is 29.8 Å². The largest absolute Gasteiger partial charge is 0.494 e. The number of benzene rings is 1. The zero-order chi connectivity index (χ0) is 13.9. The molecule has 0 saturated carbocycles. The second-order valence-electron chi connectivity index (χ2n) is 4.33. The molecule has 0 heterocycles. The molecule has 0 atom stereocenters. The van der Waals surface area contributed by atoms with Crippen LogP contribution >= 0.6 is 11.8 Å². The lowest BCUT2D eigenvalue weighted by atomic mass is 10.2. The highest BCUT2D eigenvalue weighted by Gasteiger charge is 1.94. The van der Waals surface area contributed by atoms with Crippen LogP contribution in [0.4, 0.5) is 0 Å². The number of unbranched alkanes of at least 4 members (excludes halogenated alkanes) is 1. The lowest BCUT2D eigenvalue weighted by molar-refractivity contribution is 0.306. The minimum atomic E-state index is 0.188. The summed E-state index contributed by atoms with van der Waals surface area (Å²) in [4.78, 5) is 0. The van der Waals surface area contributed by atoms with Gasteiger partial charge < -0.3 is 15.8 Å². The Morgan fingerprint density at radius 2 is 2.00 bits per heavy atom. The van der Waals surface area contributed by atoms with E-state index < -0.39 is 0 Å². The van der Waals surface area contributed by atoms with Gasteiger partial charge in [-0.25, -0.2) is 0 Å². The highest BCUT2D eigenvalue weighted by Crippen LogP contribution is 2.11. The van der Waals surface area contributed by atoms with Gasteiger partial charge in [0, 0.05) is 12.3 Å². The van der Waals surface area contributed by atoms with E-state index in [2.05, 4.69) is 24.4 Å². The van der Waals surface area contributed by atoms with Gasteiger partial charge in [-0.05, 0) is 38.4 Å². The van der Waals surface area contributed by atoms with Crippen molar-refractivity contribution in [1.29, 1.82) is 5.41 Å². The highest BCUT2D eigenvalue weighted by atomic mass is 32.2. The highest BCUT2D eigenvalue weighted by molar-refractivity contribution is 8.13. The normalized spacial score (nSPS) is 10.4. The molecule has 0 bridgehead atoms. The number of hydrogen-bond donors (Lipinski definition) is 3. The van der Waals surface area contributed by atoms with Crippen molar-refractivity contribution < 1.29 is 4.74 Å². The van der Waals surface area contributed by atoms with Gasteiger partial charge in [-0.15, -0.1) is 0 Å². The summed E-state index contributed by atoms with van der Waals surface area (Å²) in [6.45, 7) is 4.70. The molecular weight excluding hydrogens is 258 g/mol. The summed E-state index contributed by atoms with van der Waals surface area (Å²) in [5, 5.41) is 10.6. The fourth-order valence-corrected chi connectivity index (χ4v) is 2.00. The van der Waals surface area contributed by atoms with Crippen LogP contribution in [0.15, 0.2) is 24.3 Å². The Hall–Kier alpha value is -1.20. The van der Waals surface area contributed by atoms with E-state index in [1.165, 1.54) is 17.3 Å². The predicted octanol–water partition coefficient (Wildman–Crippen LogP) is 2.37. The third-order valence-corrected chi connectivity index (χ3v) is 3.29. The number of ether oxygens (including phenoxy) is 1. The molecule has 5 heteroatoms. The lowest BCUT2D eigenvalue weighted by Gasteiger charge is -2.07. The second-order valence-corrected chi connectivity index (χ2v) is 5.47. The Bertz CT molecular complexity index is 367. The smallest absolute Gasteiger partial charge is 0.151 e. The van der Waals surface area contributed by atoms with Gasteiger partial charge in [-0.3, -0.25) is 5.41 Å². The topological polar surface area (TPSA) is 71.1 Å². The quantitative estimate of drug-likeness (QED) is 0.369. The van der Waals surface area contributed by atoms with Gasteiger partial charge >= 0.3 is 0 Å². The SMILES string of the molecule is Cc1ccc(OCCCCNCCSC(=N)N)cc1. The van der Waals surface area contributed by atoms with Gasteiger partial charge in [-0.1, -0.05) is 29.5 Å². The fraction of sp³-hybridized carbons (Fsp3) is 0.500. The van der Waals surface area contributed by atoms with Gasteiger partial charge in [0.25, 0.3) is 0 Å². The van der Waals surface area contributed by atoms with Gasteiger partial charge in [0.1, 0.15) is 5.75 Å². The van der Waals surface area contributed by atoms with E-state index in [0.717, 1.165) is 44.0 Å². The van der Waals surface area contributed by atoms with Crippen LogP contribution in [-0.4, -0.2) is 30.6 Å². The number of aryl methyl sites for hydroxylation is 1. The van der Waals surface area contributed by atoms with Crippen LogP contribution in [0.3, 0.4) is 0 Å². The molecule has 1 aromatic rings. The Labute approximate surface area is 119 Å². The number of thioether (sulfide) groups is 1. The Kier molecular flexibility index (Phi) is 8.09. The molecule has 1 aromatic carbocycles. The Morgan fingerprint density at radius 1 is 1.26 bits per heavy atom. The molecule has 106 valence electrons. The van der Waals surface area contributed by atoms with Crippen LogP contribution in [0, 0.1) is 12.3 Å². The molecule has 0 amide bonds. The van der Waals surface area contributed by atoms with Crippen molar-refractivity contribution >= 4 is 16.9 Å². The average molecular weight is 281 g/mol. The van der Waals surface area contributed by atoms with E-state index in [1.54, 1.807) is 0 Å². The molecule has 4 nitrogen and oxygen atoms in total. The van der Waals surface area contributed by atoms with Crippen molar-refractivity contribution in [1.82, 2.24) is 5.32 Å². The molecule has 0 spiro atoms. The minimum Gasteiger partial charge on any atom is -0.494 e. The van der Waals surface area contributed by atoms with Crippen molar-refractivity contribution in [3.8, 4) is 5.75 Å². The van der Waals surface area contributed by atoms with Gasteiger partial charge in [0.15, 0.2) is 5.17 Å². The van der Waals surface area contributed by atoms with Crippen LogP contribution < -0.4 is 15.8 Å². The van der Waals surface area contributed by atoms with Crippen molar-refractivity contribution in [2.24, 2.45) is 5.73 Å². The van der Waals surface area contributed by atoms with Gasteiger partial charge in [0.2, 0.25) is 0 Å². The molecule has 0 aromatic heterocycles. The lowest BCUT2D eigenvalue weighted by Crippen LogP contribution is -2.20. The van der Waals surface area contributed by atoms with E-state index in [1.807, 2.05) is 12.1 Å². The molecule has 0 aliphatic carbocycles. The van der Waals surface area contributed by atoms with Crippen molar-refractivity contribution in [3.63, 3.8) is 0 Å². The standard InChI is InChI=1S/C14H23N3OS/c1-12-4-6-13(7-5-12)18-10-3-2-8-17-9-11-19-14(15)16/h4-7,17H,2-3,8-11H2,1H3,(H3,15,16). The molecule has 4 N–H and O–H groups in total. The summed E-state index contributed by atoms with van der Waals surface area (Å²) in [6, 6.07) is 8.13. The average Bonchev–Trinajstić information content (AvgIpc) is 2.38. The van der Waals surface area contributed by atoms with Crippen LogP contribution in [0.25, 0.3) is 0 Å². The van der Waals surface area contributed by atoms with Crippen LogP contribution in [-0.2, 0) is 0 Å². The summed E-state index contributed by atoms with van der Waals surface area (Å²) < 4.78 is 5.64. The van der Waals surface area contributed by atoms with E-state index >= 15 is 0 Å². The Morgan fingerprint density at radius 3 is 2.68 bits per heavy atom. The molecule has 0 fully saturated rings. The molecule has 0 saturated heterocycles. The van der Waals surface area contributed by atoms with E-state index in [-0.39, 0.29) is 5.17 Å². The number of amidine groups is 1. The van der Waals surface area contributed by atoms with Crippen LogP contribution in [0.5, 0.6) is 5.75 Å². The summed E-state index contributed by atoms with van der Waals surface area (Å²) >= 11 is 1.37. The first-order valence-corrected chi connectivity index (χ1v) is 7.54. The minimum absolute atomic E-state index is 0.188. The maximum Gasteiger partial charge on any atom is 0.151 e. The third kappa shape index (κ3) is 8.51. The molecule has 0 aliphatic heterocycles. The van der Waals surface area contributed by atoms with Gasteiger partial charge in [-0.2, -0.15) is 0 Å². The monoisotopic (exact) mass is 281 g/mol. The van der Waals surface area contributed by atoms with E-state index in [0.29, 0.717) is 0 Å². The first-order valence-electron chi connectivity index (χ1n) is 6.55. The molecule has 1 rings (SSSR count). The summed E-state index contributed by atoms with van der Waals surface area (Å²) in [5.74, 6) is 1.80. The molecule has 0 radical (unpaired) electrons. The van der Waals surface area contributed by atoms with Crippen molar-refractivity contribution in [2.45, 2.75) is 19.8 Å². The number of nitrogens with two attached hydrogens (primary N) is 1. The number of rotatable bonds is 9. The van der Waals surface area contributed by atoms with E-state index in [4.69, 9.17) is 15.9 Å².